The molecule has 0 bridgehead atoms. The molecule has 2 aromatic rings. The van der Waals surface area contributed by atoms with Gasteiger partial charge in [-0.25, -0.2) is 0 Å². The number of carbonyl (C=O) groups excluding carboxylic acids is 1. The minimum Gasteiger partial charge on any atom is -0.497 e. The van der Waals surface area contributed by atoms with Crippen LogP contribution < -0.4 is 9.47 Å². The molecular weight excluding hydrogens is 354 g/mol. The van der Waals surface area contributed by atoms with Gasteiger partial charge in [0, 0.05) is 30.1 Å². The van der Waals surface area contributed by atoms with Crippen LogP contribution in [0.4, 0.5) is 0 Å². The molecule has 0 saturated carbocycles. The second-order valence-corrected chi connectivity index (χ2v) is 7.73. The van der Waals surface area contributed by atoms with Crippen LogP contribution in [0.1, 0.15) is 35.7 Å². The Balaban J connectivity index is 1.64. The van der Waals surface area contributed by atoms with E-state index in [2.05, 4.69) is 35.2 Å². The van der Waals surface area contributed by atoms with Gasteiger partial charge in [-0.05, 0) is 42.7 Å². The van der Waals surface area contributed by atoms with Crippen LogP contribution in [0, 0.1) is 11.8 Å². The molecule has 3 heterocycles. The smallest absolute Gasteiger partial charge is 0.311 e. The molecule has 0 radical (unpaired) electrons. The Bertz CT molecular complexity index is 911. The fourth-order valence-electron chi connectivity index (χ4n) is 5.35. The highest BCUT2D eigenvalue weighted by atomic mass is 16.5. The third-order valence-electron chi connectivity index (χ3n) is 6.46. The molecule has 0 amide bonds. The van der Waals surface area contributed by atoms with Crippen molar-refractivity contribution in [3.05, 3.63) is 59.2 Å². The first-order chi connectivity index (χ1) is 13.7. The molecule has 1 saturated heterocycles. The Morgan fingerprint density at radius 3 is 2.86 bits per heavy atom. The van der Waals surface area contributed by atoms with E-state index in [1.807, 2.05) is 19.1 Å². The third kappa shape index (κ3) is 2.53. The topological polar surface area (TPSA) is 48.0 Å². The van der Waals surface area contributed by atoms with Gasteiger partial charge < -0.3 is 14.2 Å². The predicted molar refractivity (Wildman–Crippen MR) is 104 cm³/mol. The molecule has 3 aliphatic rings. The molecule has 5 heteroatoms. The quantitative estimate of drug-likeness (QED) is 0.764. The fourth-order valence-corrected chi connectivity index (χ4v) is 5.35. The van der Waals surface area contributed by atoms with E-state index in [4.69, 9.17) is 14.2 Å². The minimum atomic E-state index is -0.231. The number of methoxy groups -OCH3 is 1. The lowest BCUT2D eigenvalue weighted by Crippen LogP contribution is -2.36. The summed E-state index contributed by atoms with van der Waals surface area (Å²) < 4.78 is 17.1. The van der Waals surface area contributed by atoms with Crippen molar-refractivity contribution in [2.45, 2.75) is 25.4 Å². The lowest BCUT2D eigenvalue weighted by atomic mass is 9.80. The van der Waals surface area contributed by atoms with Crippen molar-refractivity contribution in [2.24, 2.45) is 11.8 Å². The summed E-state index contributed by atoms with van der Waals surface area (Å²) in [6.45, 7) is 3.72. The summed E-state index contributed by atoms with van der Waals surface area (Å²) in [4.78, 5) is 15.6. The monoisotopic (exact) mass is 379 g/mol. The van der Waals surface area contributed by atoms with E-state index in [-0.39, 0.29) is 29.9 Å². The number of hydrogen-bond donors (Lipinski definition) is 0. The van der Waals surface area contributed by atoms with Crippen LogP contribution in [-0.2, 0) is 16.0 Å². The molecule has 5 rings (SSSR count). The van der Waals surface area contributed by atoms with E-state index in [0.29, 0.717) is 13.2 Å². The molecule has 0 unspecified atom stereocenters. The average Bonchev–Trinajstić information content (AvgIpc) is 3.09. The van der Waals surface area contributed by atoms with E-state index >= 15 is 0 Å². The molecule has 5 nitrogen and oxygen atoms in total. The molecule has 0 spiro atoms. The zero-order chi connectivity index (χ0) is 19.3. The largest absolute Gasteiger partial charge is 0.497 e. The van der Waals surface area contributed by atoms with E-state index in [1.165, 1.54) is 11.1 Å². The highest BCUT2D eigenvalue weighted by Gasteiger charge is 2.57. The number of ether oxygens (including phenoxy) is 3. The first-order valence-electron chi connectivity index (χ1n) is 10.0. The highest BCUT2D eigenvalue weighted by Crippen LogP contribution is 2.57. The van der Waals surface area contributed by atoms with Crippen LogP contribution in [-0.4, -0.2) is 37.7 Å². The van der Waals surface area contributed by atoms with Crippen LogP contribution >= 0.6 is 0 Å². The molecule has 2 aromatic carbocycles. The first kappa shape index (κ1) is 17.6. The SMILES string of the molecule is CCOC(=O)[C@@H]1[C@H]2COc3ccc(OC)cc3[C@H]2N2CCc3ccccc3[C@H]12. The number of rotatable bonds is 3. The zero-order valence-electron chi connectivity index (χ0n) is 16.3. The summed E-state index contributed by atoms with van der Waals surface area (Å²) in [5.74, 6) is 1.43. The Morgan fingerprint density at radius 1 is 1.18 bits per heavy atom. The van der Waals surface area contributed by atoms with Crippen molar-refractivity contribution in [1.29, 1.82) is 0 Å². The molecule has 0 aromatic heterocycles. The minimum absolute atomic E-state index is 0.0275. The lowest BCUT2D eigenvalue weighted by molar-refractivity contribution is -0.151. The van der Waals surface area contributed by atoms with Gasteiger partial charge >= 0.3 is 5.97 Å². The molecule has 4 atom stereocenters. The zero-order valence-corrected chi connectivity index (χ0v) is 16.3. The van der Waals surface area contributed by atoms with Crippen molar-refractivity contribution in [1.82, 2.24) is 4.90 Å². The van der Waals surface area contributed by atoms with Crippen LogP contribution in [0.3, 0.4) is 0 Å². The van der Waals surface area contributed by atoms with E-state index in [1.54, 1.807) is 7.11 Å². The Morgan fingerprint density at radius 2 is 2.04 bits per heavy atom. The van der Waals surface area contributed by atoms with Gasteiger partial charge in [0.25, 0.3) is 0 Å². The van der Waals surface area contributed by atoms with Gasteiger partial charge in [0.1, 0.15) is 11.5 Å². The molecule has 0 N–H and O–H groups in total. The van der Waals surface area contributed by atoms with Gasteiger partial charge in [0.2, 0.25) is 0 Å². The summed E-state index contributed by atoms with van der Waals surface area (Å²) in [6.07, 6.45) is 0.992. The van der Waals surface area contributed by atoms with E-state index in [9.17, 15) is 4.79 Å². The number of benzene rings is 2. The molecule has 28 heavy (non-hydrogen) atoms. The van der Waals surface area contributed by atoms with Crippen LogP contribution in [0.2, 0.25) is 0 Å². The van der Waals surface area contributed by atoms with Gasteiger partial charge in [-0.3, -0.25) is 9.69 Å². The van der Waals surface area contributed by atoms with Gasteiger partial charge in [0.15, 0.2) is 0 Å². The van der Waals surface area contributed by atoms with Gasteiger partial charge in [-0.15, -0.1) is 0 Å². The van der Waals surface area contributed by atoms with Crippen LogP contribution in [0.5, 0.6) is 11.5 Å². The Hall–Kier alpha value is -2.53. The summed E-state index contributed by atoms with van der Waals surface area (Å²) in [7, 11) is 1.68. The summed E-state index contributed by atoms with van der Waals surface area (Å²) in [5.41, 5.74) is 3.71. The van der Waals surface area contributed by atoms with Crippen LogP contribution in [0.25, 0.3) is 0 Å². The number of hydrogen-bond acceptors (Lipinski definition) is 5. The van der Waals surface area contributed by atoms with Crippen LogP contribution in [0.15, 0.2) is 42.5 Å². The highest BCUT2D eigenvalue weighted by molar-refractivity contribution is 5.75. The standard InChI is InChI=1S/C23H25NO4/c1-3-27-23(25)20-18-13-28-19-9-8-15(26-2)12-17(19)21(18)24-11-10-14-6-4-5-7-16(14)22(20)24/h4-9,12,18,20-22H,3,10-11,13H2,1-2H3/t18-,20-,21-,22-/m1/s1. The molecule has 1 fully saturated rings. The van der Waals surface area contributed by atoms with Crippen molar-refractivity contribution >= 4 is 5.97 Å². The molecule has 3 aliphatic heterocycles. The van der Waals surface area contributed by atoms with Crippen molar-refractivity contribution in [3.63, 3.8) is 0 Å². The fraction of sp³-hybridized carbons (Fsp3) is 0.435. The van der Waals surface area contributed by atoms with Crippen molar-refractivity contribution < 1.29 is 19.0 Å². The maximum absolute atomic E-state index is 13.1. The Labute approximate surface area is 165 Å². The maximum Gasteiger partial charge on any atom is 0.311 e. The molecule has 0 aliphatic carbocycles. The third-order valence-corrected chi connectivity index (χ3v) is 6.46. The van der Waals surface area contributed by atoms with Gasteiger partial charge in [-0.1, -0.05) is 24.3 Å². The van der Waals surface area contributed by atoms with Gasteiger partial charge in [-0.2, -0.15) is 0 Å². The number of nitrogens with zero attached hydrogens (tertiary/aromatic N) is 1. The number of fused-ring (bicyclic) bond motifs is 7. The molecule has 146 valence electrons. The van der Waals surface area contributed by atoms with Crippen molar-refractivity contribution in [2.75, 3.05) is 26.9 Å². The predicted octanol–water partition coefficient (Wildman–Crippen LogP) is 3.54. The van der Waals surface area contributed by atoms with E-state index < -0.39 is 0 Å². The second-order valence-electron chi connectivity index (χ2n) is 7.73. The van der Waals surface area contributed by atoms with Gasteiger partial charge in [0.05, 0.1) is 26.2 Å². The summed E-state index contributed by atoms with van der Waals surface area (Å²) in [5, 5.41) is 0. The average molecular weight is 379 g/mol. The Kier molecular flexibility index (Phi) is 4.27. The summed E-state index contributed by atoms with van der Waals surface area (Å²) >= 11 is 0. The normalized spacial score (nSPS) is 27.6. The number of esters is 1. The lowest BCUT2D eigenvalue weighted by Gasteiger charge is -2.38. The molecular formula is C23H25NO4. The number of carbonyl (C=O) groups is 1. The maximum atomic E-state index is 13.1. The first-order valence-corrected chi connectivity index (χ1v) is 10.0. The van der Waals surface area contributed by atoms with E-state index in [0.717, 1.165) is 30.0 Å². The van der Waals surface area contributed by atoms with Crippen molar-refractivity contribution in [3.8, 4) is 11.5 Å². The summed E-state index contributed by atoms with van der Waals surface area (Å²) in [6, 6.07) is 14.6. The second kappa shape index (κ2) is 6.82.